The zero-order valence-corrected chi connectivity index (χ0v) is 16.5. The van der Waals surface area contributed by atoms with Crippen LogP contribution in [0.2, 0.25) is 0 Å². The Hall–Kier alpha value is -1.78. The fourth-order valence-corrected chi connectivity index (χ4v) is 5.34. The van der Waals surface area contributed by atoms with Gasteiger partial charge in [-0.3, -0.25) is 0 Å². The number of sulfone groups is 1. The standard InChI is InChI=1S/C21H24O2S2/c1-17(2)15-16-21(4,18(3)24-19-11-7-5-8-12-19)25(22,23)20-13-9-6-10-14-20/h5-15H,3,16H2,1-2,4H3. The molecule has 0 saturated heterocycles. The first-order valence-electron chi connectivity index (χ1n) is 8.13. The second-order valence-electron chi connectivity index (χ2n) is 6.37. The Kier molecular flexibility index (Phi) is 6.31. The molecule has 1 unspecified atom stereocenters. The van der Waals surface area contributed by atoms with E-state index in [1.165, 1.54) is 11.8 Å². The Balaban J connectivity index is 2.47. The highest BCUT2D eigenvalue weighted by Crippen LogP contribution is 2.43. The summed E-state index contributed by atoms with van der Waals surface area (Å²) in [5.74, 6) is 0. The van der Waals surface area contributed by atoms with Gasteiger partial charge in [-0.05, 0) is 51.5 Å². The Morgan fingerprint density at radius 3 is 2.08 bits per heavy atom. The van der Waals surface area contributed by atoms with Gasteiger partial charge in [0.2, 0.25) is 0 Å². The van der Waals surface area contributed by atoms with Crippen LogP contribution in [-0.4, -0.2) is 13.2 Å². The summed E-state index contributed by atoms with van der Waals surface area (Å²) in [6.45, 7) is 9.87. The number of allylic oxidation sites excluding steroid dienone is 2. The topological polar surface area (TPSA) is 34.1 Å². The molecule has 0 saturated carbocycles. The highest BCUT2D eigenvalue weighted by molar-refractivity contribution is 8.04. The van der Waals surface area contributed by atoms with E-state index in [2.05, 4.69) is 6.58 Å². The molecule has 0 N–H and O–H groups in total. The lowest BCUT2D eigenvalue weighted by Gasteiger charge is -2.30. The minimum absolute atomic E-state index is 0.328. The van der Waals surface area contributed by atoms with Crippen LogP contribution in [-0.2, 0) is 9.84 Å². The molecule has 2 rings (SSSR count). The minimum Gasteiger partial charge on any atom is -0.223 e. The number of hydrogen-bond acceptors (Lipinski definition) is 3. The Labute approximate surface area is 155 Å². The molecule has 0 fully saturated rings. The SMILES string of the molecule is C=C(Sc1ccccc1)C(C)(CC=C(C)C)S(=O)(=O)c1ccccc1. The molecule has 0 heterocycles. The van der Waals surface area contributed by atoms with Crippen molar-refractivity contribution in [2.75, 3.05) is 0 Å². The molecular weight excluding hydrogens is 348 g/mol. The monoisotopic (exact) mass is 372 g/mol. The van der Waals surface area contributed by atoms with Gasteiger partial charge >= 0.3 is 0 Å². The van der Waals surface area contributed by atoms with E-state index >= 15 is 0 Å². The van der Waals surface area contributed by atoms with Crippen LogP contribution in [0, 0.1) is 0 Å². The van der Waals surface area contributed by atoms with E-state index in [9.17, 15) is 8.42 Å². The molecule has 0 amide bonds. The second kappa shape index (κ2) is 8.07. The molecule has 2 aromatic carbocycles. The van der Waals surface area contributed by atoms with E-state index < -0.39 is 14.6 Å². The van der Waals surface area contributed by atoms with E-state index in [0.717, 1.165) is 10.5 Å². The predicted molar refractivity (Wildman–Crippen MR) is 108 cm³/mol. The third kappa shape index (κ3) is 4.44. The van der Waals surface area contributed by atoms with E-state index in [1.54, 1.807) is 31.2 Å². The summed E-state index contributed by atoms with van der Waals surface area (Å²) in [6.07, 6.45) is 2.36. The zero-order chi connectivity index (χ0) is 18.5. The lowest BCUT2D eigenvalue weighted by Crippen LogP contribution is -2.36. The lowest BCUT2D eigenvalue weighted by atomic mass is 10.1. The lowest BCUT2D eigenvalue weighted by molar-refractivity contribution is 0.561. The summed E-state index contributed by atoms with van der Waals surface area (Å²) in [5.41, 5.74) is 1.09. The van der Waals surface area contributed by atoms with Gasteiger partial charge in [-0.15, -0.1) is 0 Å². The van der Waals surface area contributed by atoms with Gasteiger partial charge in [0.1, 0.15) is 4.75 Å². The molecule has 25 heavy (non-hydrogen) atoms. The summed E-state index contributed by atoms with van der Waals surface area (Å²) in [6, 6.07) is 18.4. The van der Waals surface area contributed by atoms with Crippen LogP contribution in [0.25, 0.3) is 0 Å². The van der Waals surface area contributed by atoms with Gasteiger partial charge < -0.3 is 0 Å². The molecule has 1 atom stereocenters. The van der Waals surface area contributed by atoms with Crippen LogP contribution < -0.4 is 0 Å². The molecule has 2 aromatic rings. The Morgan fingerprint density at radius 1 is 1.04 bits per heavy atom. The van der Waals surface area contributed by atoms with Crippen LogP contribution in [0.4, 0.5) is 0 Å². The van der Waals surface area contributed by atoms with Crippen molar-refractivity contribution in [3.63, 3.8) is 0 Å². The van der Waals surface area contributed by atoms with Crippen LogP contribution >= 0.6 is 11.8 Å². The molecule has 0 spiro atoms. The largest absolute Gasteiger partial charge is 0.223 e. The molecule has 0 aliphatic heterocycles. The van der Waals surface area contributed by atoms with Gasteiger partial charge in [-0.25, -0.2) is 8.42 Å². The minimum atomic E-state index is -3.58. The van der Waals surface area contributed by atoms with Gasteiger partial charge in [-0.1, -0.05) is 66.4 Å². The molecule has 132 valence electrons. The zero-order valence-electron chi connectivity index (χ0n) is 14.9. The van der Waals surface area contributed by atoms with Crippen LogP contribution in [0.1, 0.15) is 27.2 Å². The van der Waals surface area contributed by atoms with Crippen LogP contribution in [0.15, 0.2) is 93.6 Å². The second-order valence-corrected chi connectivity index (χ2v) is 9.92. The van der Waals surface area contributed by atoms with Gasteiger partial charge in [0, 0.05) is 9.80 Å². The number of rotatable bonds is 7. The maximum Gasteiger partial charge on any atom is 0.188 e. The molecular formula is C21H24O2S2. The third-order valence-corrected chi connectivity index (χ3v) is 7.95. The van der Waals surface area contributed by atoms with Gasteiger partial charge in [0.05, 0.1) is 4.90 Å². The van der Waals surface area contributed by atoms with Crippen molar-refractivity contribution in [1.29, 1.82) is 0 Å². The summed E-state index contributed by atoms with van der Waals surface area (Å²) in [4.78, 5) is 1.94. The van der Waals surface area contributed by atoms with Crippen molar-refractivity contribution < 1.29 is 8.42 Å². The fraction of sp³-hybridized carbons (Fsp3) is 0.238. The smallest absolute Gasteiger partial charge is 0.188 e. The van der Waals surface area contributed by atoms with Crippen molar-refractivity contribution in [1.82, 2.24) is 0 Å². The third-order valence-electron chi connectivity index (χ3n) is 4.12. The van der Waals surface area contributed by atoms with Gasteiger partial charge in [-0.2, -0.15) is 0 Å². The first-order valence-corrected chi connectivity index (χ1v) is 10.4. The molecule has 2 nitrogen and oxygen atoms in total. The van der Waals surface area contributed by atoms with Crippen molar-refractivity contribution >= 4 is 21.6 Å². The summed E-state index contributed by atoms with van der Waals surface area (Å²) in [5, 5.41) is 0. The molecule has 0 aromatic heterocycles. The average Bonchev–Trinajstić information content (AvgIpc) is 2.61. The Bertz CT molecular complexity index is 849. The molecule has 0 radical (unpaired) electrons. The van der Waals surface area contributed by atoms with Gasteiger partial charge in [0.15, 0.2) is 9.84 Å². The van der Waals surface area contributed by atoms with E-state index in [4.69, 9.17) is 0 Å². The quantitative estimate of drug-likeness (QED) is 0.449. The number of thioether (sulfide) groups is 1. The Morgan fingerprint density at radius 2 is 1.56 bits per heavy atom. The van der Waals surface area contributed by atoms with Crippen molar-refractivity contribution in [3.8, 4) is 0 Å². The van der Waals surface area contributed by atoms with Gasteiger partial charge in [0.25, 0.3) is 0 Å². The first-order chi connectivity index (χ1) is 11.8. The number of benzene rings is 2. The van der Waals surface area contributed by atoms with E-state index in [0.29, 0.717) is 16.2 Å². The first kappa shape index (κ1) is 19.5. The van der Waals surface area contributed by atoms with Crippen molar-refractivity contribution in [2.24, 2.45) is 0 Å². The highest BCUT2D eigenvalue weighted by atomic mass is 32.2. The highest BCUT2D eigenvalue weighted by Gasteiger charge is 2.42. The molecule has 4 heteroatoms. The van der Waals surface area contributed by atoms with Crippen molar-refractivity contribution in [2.45, 2.75) is 41.7 Å². The normalized spacial score (nSPS) is 13.7. The van der Waals surface area contributed by atoms with Crippen LogP contribution in [0.5, 0.6) is 0 Å². The number of hydrogen-bond donors (Lipinski definition) is 0. The summed E-state index contributed by atoms with van der Waals surface area (Å²) in [7, 11) is -3.58. The molecule has 0 aliphatic rings. The molecule has 0 bridgehead atoms. The maximum atomic E-state index is 13.4. The summed E-state index contributed by atoms with van der Waals surface area (Å²) >= 11 is 1.42. The van der Waals surface area contributed by atoms with E-state index in [-0.39, 0.29) is 0 Å². The van der Waals surface area contributed by atoms with Crippen molar-refractivity contribution in [3.05, 3.63) is 83.8 Å². The fourth-order valence-electron chi connectivity index (χ4n) is 2.37. The summed E-state index contributed by atoms with van der Waals surface area (Å²) < 4.78 is 25.7. The molecule has 0 aliphatic carbocycles. The average molecular weight is 373 g/mol. The van der Waals surface area contributed by atoms with E-state index in [1.807, 2.05) is 56.3 Å². The maximum absolute atomic E-state index is 13.4. The predicted octanol–water partition coefficient (Wildman–Crippen LogP) is 5.88. The van der Waals surface area contributed by atoms with Crippen LogP contribution in [0.3, 0.4) is 0 Å².